The van der Waals surface area contributed by atoms with Crippen molar-refractivity contribution in [2.24, 2.45) is 5.41 Å². The second-order valence-electron chi connectivity index (χ2n) is 3.80. The third-order valence-corrected chi connectivity index (χ3v) is 2.65. The first-order chi connectivity index (χ1) is 6.92. The summed E-state index contributed by atoms with van der Waals surface area (Å²) in [5, 5.41) is 9.73. The number of esters is 2. The monoisotopic (exact) mass is 216 g/mol. The molecule has 5 nitrogen and oxygen atoms in total. The Morgan fingerprint density at radius 1 is 1.20 bits per heavy atom. The average molecular weight is 216 g/mol. The smallest absolute Gasteiger partial charge is 0.326 e. The molecular weight excluding hydrogens is 200 g/mol. The van der Waals surface area contributed by atoms with Gasteiger partial charge >= 0.3 is 11.9 Å². The number of aliphatic hydroxyl groups is 1. The lowest BCUT2D eigenvalue weighted by atomic mass is 10.0. The number of carbonyl (C=O) groups is 2. The summed E-state index contributed by atoms with van der Waals surface area (Å²) in [5.41, 5.74) is -2.84. The van der Waals surface area contributed by atoms with Crippen LogP contribution in [0.15, 0.2) is 0 Å². The van der Waals surface area contributed by atoms with Gasteiger partial charge in [0.05, 0.1) is 18.8 Å². The molecule has 86 valence electrons. The lowest BCUT2D eigenvalue weighted by Gasteiger charge is -2.15. The minimum absolute atomic E-state index is 0.0671. The van der Waals surface area contributed by atoms with Crippen molar-refractivity contribution in [3.63, 3.8) is 0 Å². The van der Waals surface area contributed by atoms with E-state index in [0.717, 1.165) is 0 Å². The van der Waals surface area contributed by atoms with Gasteiger partial charge in [0.15, 0.2) is 5.41 Å². The van der Waals surface area contributed by atoms with Crippen LogP contribution in [-0.2, 0) is 19.1 Å². The number of rotatable bonds is 4. The van der Waals surface area contributed by atoms with E-state index in [2.05, 4.69) is 0 Å². The molecule has 1 aliphatic carbocycles. The molecule has 0 spiro atoms. The van der Waals surface area contributed by atoms with Crippen LogP contribution in [0.3, 0.4) is 0 Å². The molecule has 1 N–H and O–H groups in total. The van der Waals surface area contributed by atoms with Crippen molar-refractivity contribution in [2.75, 3.05) is 13.2 Å². The van der Waals surface area contributed by atoms with E-state index in [4.69, 9.17) is 9.47 Å². The summed E-state index contributed by atoms with van der Waals surface area (Å²) in [6.45, 7) is 5.08. The minimum Gasteiger partial charge on any atom is -0.465 e. The predicted octanol–water partition coefficient (Wildman–Crippen LogP) is 0.254. The number of hydrogen-bond donors (Lipinski definition) is 1. The lowest BCUT2D eigenvalue weighted by molar-refractivity contribution is -0.167. The third-order valence-electron chi connectivity index (χ3n) is 2.65. The Labute approximate surface area is 88.4 Å². The van der Waals surface area contributed by atoms with Gasteiger partial charge in [0, 0.05) is 6.42 Å². The van der Waals surface area contributed by atoms with E-state index in [1.807, 2.05) is 0 Å². The number of carbonyl (C=O) groups excluding carboxylic acids is 2. The maximum Gasteiger partial charge on any atom is 0.326 e. The zero-order valence-corrected chi connectivity index (χ0v) is 9.20. The van der Waals surface area contributed by atoms with E-state index >= 15 is 0 Å². The predicted molar refractivity (Wildman–Crippen MR) is 50.9 cm³/mol. The Morgan fingerprint density at radius 3 is 1.73 bits per heavy atom. The van der Waals surface area contributed by atoms with Crippen LogP contribution in [0.4, 0.5) is 0 Å². The van der Waals surface area contributed by atoms with Gasteiger partial charge in [0.2, 0.25) is 0 Å². The standard InChI is InChI=1S/C10H16O5/c1-4-14-7(11)10(6-9(10,3)13)8(12)15-5-2/h13H,4-6H2,1-3H3. The van der Waals surface area contributed by atoms with E-state index < -0.39 is 23.0 Å². The van der Waals surface area contributed by atoms with Gasteiger partial charge < -0.3 is 14.6 Å². The van der Waals surface area contributed by atoms with Crippen molar-refractivity contribution in [3.8, 4) is 0 Å². The van der Waals surface area contributed by atoms with Crippen molar-refractivity contribution >= 4 is 11.9 Å². The lowest BCUT2D eigenvalue weighted by Crippen LogP contribution is -2.36. The summed E-state index contributed by atoms with van der Waals surface area (Å²) in [4.78, 5) is 23.2. The summed E-state index contributed by atoms with van der Waals surface area (Å²) < 4.78 is 9.54. The highest BCUT2D eigenvalue weighted by Crippen LogP contribution is 2.57. The quantitative estimate of drug-likeness (QED) is 0.539. The van der Waals surface area contributed by atoms with Gasteiger partial charge in [-0.3, -0.25) is 9.59 Å². The van der Waals surface area contributed by atoms with Crippen molar-refractivity contribution in [1.82, 2.24) is 0 Å². The van der Waals surface area contributed by atoms with Crippen LogP contribution in [0, 0.1) is 5.41 Å². The maximum atomic E-state index is 11.6. The molecule has 0 aromatic heterocycles. The van der Waals surface area contributed by atoms with Crippen LogP contribution in [0.5, 0.6) is 0 Å². The summed E-state index contributed by atoms with van der Waals surface area (Å²) in [5.74, 6) is -1.40. The molecule has 1 rings (SSSR count). The van der Waals surface area contributed by atoms with Crippen LogP contribution in [0.1, 0.15) is 27.2 Å². The summed E-state index contributed by atoms with van der Waals surface area (Å²) in [7, 11) is 0. The van der Waals surface area contributed by atoms with Crippen molar-refractivity contribution < 1.29 is 24.2 Å². The van der Waals surface area contributed by atoms with E-state index in [0.29, 0.717) is 0 Å². The fourth-order valence-corrected chi connectivity index (χ4v) is 1.65. The molecule has 15 heavy (non-hydrogen) atoms. The first kappa shape index (κ1) is 12.0. The SMILES string of the molecule is CCOC(=O)C1(C(=O)OCC)CC1(C)O. The highest BCUT2D eigenvalue weighted by molar-refractivity contribution is 6.05. The van der Waals surface area contributed by atoms with E-state index in [1.165, 1.54) is 6.92 Å². The van der Waals surface area contributed by atoms with Gasteiger partial charge in [0.1, 0.15) is 0 Å². The molecule has 0 heterocycles. The van der Waals surface area contributed by atoms with Gasteiger partial charge in [-0.15, -0.1) is 0 Å². The fraction of sp³-hybridized carbons (Fsp3) is 0.800. The Bertz CT molecular complexity index is 264. The van der Waals surface area contributed by atoms with Crippen LogP contribution in [0.25, 0.3) is 0 Å². The molecule has 1 atom stereocenters. The topological polar surface area (TPSA) is 72.8 Å². The van der Waals surface area contributed by atoms with Gasteiger partial charge in [-0.05, 0) is 20.8 Å². The van der Waals surface area contributed by atoms with Gasteiger partial charge in [-0.1, -0.05) is 0 Å². The molecule has 0 aromatic rings. The highest BCUT2D eigenvalue weighted by atomic mass is 16.6. The van der Waals surface area contributed by atoms with Gasteiger partial charge in [-0.2, -0.15) is 0 Å². The van der Waals surface area contributed by atoms with Crippen LogP contribution < -0.4 is 0 Å². The van der Waals surface area contributed by atoms with Gasteiger partial charge in [0.25, 0.3) is 0 Å². The molecule has 0 radical (unpaired) electrons. The largest absolute Gasteiger partial charge is 0.465 e. The Hall–Kier alpha value is -1.10. The maximum absolute atomic E-state index is 11.6. The minimum atomic E-state index is -1.50. The second kappa shape index (κ2) is 3.81. The molecule has 0 amide bonds. The second-order valence-corrected chi connectivity index (χ2v) is 3.80. The first-order valence-corrected chi connectivity index (χ1v) is 4.99. The van der Waals surface area contributed by atoms with Crippen LogP contribution in [-0.4, -0.2) is 35.9 Å². The molecule has 0 saturated heterocycles. The number of ether oxygens (including phenoxy) is 2. The van der Waals surface area contributed by atoms with Crippen molar-refractivity contribution in [2.45, 2.75) is 32.8 Å². The summed E-state index contributed by atoms with van der Waals surface area (Å²) >= 11 is 0. The molecule has 1 fully saturated rings. The van der Waals surface area contributed by atoms with E-state index in [-0.39, 0.29) is 19.6 Å². The molecule has 0 bridgehead atoms. The van der Waals surface area contributed by atoms with E-state index in [1.54, 1.807) is 13.8 Å². The highest BCUT2D eigenvalue weighted by Gasteiger charge is 2.76. The van der Waals surface area contributed by atoms with Crippen LogP contribution >= 0.6 is 0 Å². The Kier molecular flexibility index (Phi) is 3.04. The molecule has 1 unspecified atom stereocenters. The molecule has 0 aliphatic heterocycles. The van der Waals surface area contributed by atoms with E-state index in [9.17, 15) is 14.7 Å². The molecule has 1 aliphatic rings. The molecular formula is C10H16O5. The molecule has 5 heteroatoms. The number of hydrogen-bond acceptors (Lipinski definition) is 5. The zero-order valence-electron chi connectivity index (χ0n) is 9.20. The molecule has 0 aromatic carbocycles. The fourth-order valence-electron chi connectivity index (χ4n) is 1.65. The van der Waals surface area contributed by atoms with Gasteiger partial charge in [-0.25, -0.2) is 0 Å². The Morgan fingerprint density at radius 2 is 1.53 bits per heavy atom. The van der Waals surface area contributed by atoms with Crippen LogP contribution in [0.2, 0.25) is 0 Å². The average Bonchev–Trinajstić information content (AvgIpc) is 2.72. The third kappa shape index (κ3) is 1.71. The summed E-state index contributed by atoms with van der Waals surface area (Å²) in [6, 6.07) is 0. The zero-order chi connectivity index (χ0) is 11.7. The molecule has 1 saturated carbocycles. The Balaban J connectivity index is 2.83. The normalized spacial score (nSPS) is 26.9. The van der Waals surface area contributed by atoms with Crippen molar-refractivity contribution in [1.29, 1.82) is 0 Å². The first-order valence-electron chi connectivity index (χ1n) is 4.99. The van der Waals surface area contributed by atoms with Crippen molar-refractivity contribution in [3.05, 3.63) is 0 Å². The summed E-state index contributed by atoms with van der Waals surface area (Å²) in [6.07, 6.45) is 0.0671.